The third kappa shape index (κ3) is 7.16. The maximum Gasteiger partial charge on any atom is 0.247 e. The second-order valence-corrected chi connectivity index (χ2v) is 7.80. The summed E-state index contributed by atoms with van der Waals surface area (Å²) in [6.07, 6.45) is 2.60. The largest absolute Gasteiger partial charge is 0.497 e. The number of benzene rings is 3. The van der Waals surface area contributed by atoms with E-state index in [0.29, 0.717) is 28.8 Å². The lowest BCUT2D eigenvalue weighted by atomic mass is 10.2. The molecule has 0 fully saturated rings. The van der Waals surface area contributed by atoms with Crippen molar-refractivity contribution >= 4 is 35.7 Å². The molecule has 0 amide bonds. The molecule has 0 saturated carbocycles. The first kappa shape index (κ1) is 26.8. The number of rotatable bonds is 11. The van der Waals surface area contributed by atoms with Crippen LogP contribution in [0.2, 0.25) is 0 Å². The van der Waals surface area contributed by atoms with Gasteiger partial charge in [-0.1, -0.05) is 12.1 Å². The van der Waals surface area contributed by atoms with Gasteiger partial charge in [0.1, 0.15) is 34.7 Å². The van der Waals surface area contributed by atoms with E-state index in [1.165, 1.54) is 50.9 Å². The zero-order valence-electron chi connectivity index (χ0n) is 21.3. The molecule has 39 heavy (non-hydrogen) atoms. The van der Waals surface area contributed by atoms with E-state index in [1.807, 2.05) is 18.2 Å². The molecule has 0 unspecified atom stereocenters. The van der Waals surface area contributed by atoms with E-state index in [-0.39, 0.29) is 22.9 Å². The molecule has 0 spiro atoms. The number of hydrogen-bond acceptors (Lipinski definition) is 10. The predicted octanol–water partition coefficient (Wildman–Crippen LogP) is 5.42. The molecule has 0 aliphatic heterocycles. The number of aromatic nitrogens is 2. The van der Waals surface area contributed by atoms with E-state index in [2.05, 4.69) is 36.3 Å². The topological polar surface area (TPSA) is 114 Å². The number of nitrogens with zero attached hydrogens (tertiary/aromatic N) is 4. The Morgan fingerprint density at radius 2 is 1.28 bits per heavy atom. The maximum atomic E-state index is 14.2. The second-order valence-electron chi connectivity index (χ2n) is 7.80. The van der Waals surface area contributed by atoms with Gasteiger partial charge in [0.15, 0.2) is 5.82 Å². The first-order valence-corrected chi connectivity index (χ1v) is 11.5. The average molecular weight is 534 g/mol. The zero-order valence-corrected chi connectivity index (χ0v) is 21.3. The van der Waals surface area contributed by atoms with Crippen molar-refractivity contribution in [3.63, 3.8) is 0 Å². The van der Waals surface area contributed by atoms with Gasteiger partial charge >= 0.3 is 0 Å². The van der Waals surface area contributed by atoms with E-state index >= 15 is 0 Å². The number of ether oxygens (including phenoxy) is 3. The van der Waals surface area contributed by atoms with E-state index < -0.39 is 11.6 Å². The third-order valence-electron chi connectivity index (χ3n) is 5.26. The lowest BCUT2D eigenvalue weighted by Gasteiger charge is -2.12. The molecular weight excluding hydrogens is 508 g/mol. The van der Waals surface area contributed by atoms with Gasteiger partial charge in [0.05, 0.1) is 39.4 Å². The highest BCUT2D eigenvalue weighted by atomic mass is 19.1. The Balaban J connectivity index is 1.57. The van der Waals surface area contributed by atoms with Crippen LogP contribution in [0.15, 0.2) is 76.9 Å². The zero-order chi connectivity index (χ0) is 27.6. The number of hydrazone groups is 2. The highest BCUT2D eigenvalue weighted by Crippen LogP contribution is 2.27. The normalized spacial score (nSPS) is 11.0. The van der Waals surface area contributed by atoms with Crippen LogP contribution >= 0.6 is 0 Å². The fourth-order valence-electron chi connectivity index (χ4n) is 3.31. The minimum Gasteiger partial charge on any atom is -0.497 e. The van der Waals surface area contributed by atoms with Gasteiger partial charge in [0.2, 0.25) is 5.95 Å². The first-order valence-electron chi connectivity index (χ1n) is 11.5. The molecule has 0 atom stereocenters. The van der Waals surface area contributed by atoms with Gasteiger partial charge in [0, 0.05) is 29.3 Å². The molecule has 4 aromatic rings. The van der Waals surface area contributed by atoms with Crippen LogP contribution in [0, 0.1) is 11.6 Å². The molecule has 0 saturated heterocycles. The van der Waals surface area contributed by atoms with Crippen molar-refractivity contribution in [1.29, 1.82) is 0 Å². The molecular formula is C27H25F2N7O3. The summed E-state index contributed by atoms with van der Waals surface area (Å²) in [6.45, 7) is 0. The van der Waals surface area contributed by atoms with Crippen molar-refractivity contribution in [1.82, 2.24) is 9.97 Å². The maximum absolute atomic E-state index is 14.2. The van der Waals surface area contributed by atoms with Gasteiger partial charge in [-0.25, -0.2) is 14.2 Å². The minimum atomic E-state index is -0.505. The highest BCUT2D eigenvalue weighted by Gasteiger charge is 2.09. The fourth-order valence-corrected chi connectivity index (χ4v) is 3.31. The van der Waals surface area contributed by atoms with E-state index in [9.17, 15) is 8.78 Å². The van der Waals surface area contributed by atoms with Gasteiger partial charge in [-0.05, 0) is 36.4 Å². The Morgan fingerprint density at radius 1 is 0.692 bits per heavy atom. The quantitative estimate of drug-likeness (QED) is 0.173. The lowest BCUT2D eigenvalue weighted by molar-refractivity contribution is 0.411. The predicted molar refractivity (Wildman–Crippen MR) is 147 cm³/mol. The van der Waals surface area contributed by atoms with Crippen LogP contribution in [0.4, 0.5) is 32.1 Å². The molecule has 200 valence electrons. The van der Waals surface area contributed by atoms with Gasteiger partial charge in [-0.3, -0.25) is 5.43 Å². The van der Waals surface area contributed by atoms with Crippen LogP contribution in [0.1, 0.15) is 11.1 Å². The van der Waals surface area contributed by atoms with Crippen molar-refractivity contribution < 1.29 is 23.0 Å². The number of nitrogens with one attached hydrogen (secondary N) is 3. The summed E-state index contributed by atoms with van der Waals surface area (Å²) < 4.78 is 43.9. The fraction of sp³-hybridized carbons (Fsp3) is 0.111. The molecule has 3 aromatic carbocycles. The second kappa shape index (κ2) is 12.8. The standard InChI is InChI=1S/C27H25F2N7O3/c1-37-19-10-8-17(21(28)12-19)15-30-35-26-14-25(32-23-6-4-5-7-24(23)39-3)33-27(34-26)36-31-16-18-9-11-20(38-2)13-22(18)29/h4-16H,1-3H3,(H3,32,33,34,35,36). The van der Waals surface area contributed by atoms with Crippen LogP contribution in [0.3, 0.4) is 0 Å². The lowest BCUT2D eigenvalue weighted by Crippen LogP contribution is -2.05. The van der Waals surface area contributed by atoms with Crippen LogP contribution < -0.4 is 30.4 Å². The van der Waals surface area contributed by atoms with Crippen molar-refractivity contribution in [3.05, 3.63) is 89.5 Å². The first-order chi connectivity index (χ1) is 19.0. The Morgan fingerprint density at radius 3 is 1.87 bits per heavy atom. The SMILES string of the molecule is COc1ccc(C=NNc2cc(Nc3ccccc3OC)nc(NN=Cc3ccc(OC)cc3F)n2)c(F)c1. The van der Waals surface area contributed by atoms with Crippen LogP contribution in [0.25, 0.3) is 0 Å². The van der Waals surface area contributed by atoms with Gasteiger partial charge in [-0.2, -0.15) is 20.2 Å². The summed E-state index contributed by atoms with van der Waals surface area (Å²) in [7, 11) is 4.47. The molecule has 4 rings (SSSR count). The molecule has 10 nitrogen and oxygen atoms in total. The van der Waals surface area contributed by atoms with E-state index in [4.69, 9.17) is 14.2 Å². The van der Waals surface area contributed by atoms with Crippen LogP contribution in [-0.4, -0.2) is 43.7 Å². The summed E-state index contributed by atoms with van der Waals surface area (Å²) in [5.74, 6) is 1.10. The Bertz CT molecular complexity index is 1410. The Labute approximate surface area is 223 Å². The number of anilines is 4. The van der Waals surface area contributed by atoms with Crippen LogP contribution in [-0.2, 0) is 0 Å². The monoisotopic (exact) mass is 533 g/mol. The number of para-hydroxylation sites is 2. The molecule has 0 aliphatic carbocycles. The Kier molecular flexibility index (Phi) is 8.80. The summed E-state index contributed by atoms with van der Waals surface area (Å²) >= 11 is 0. The Hall–Kier alpha value is -5.26. The van der Waals surface area contributed by atoms with Crippen molar-refractivity contribution in [2.24, 2.45) is 10.2 Å². The molecule has 12 heteroatoms. The minimum absolute atomic E-state index is 0.0772. The van der Waals surface area contributed by atoms with E-state index in [0.717, 1.165) is 0 Å². The molecule has 0 radical (unpaired) electrons. The number of halogens is 2. The molecule has 0 bridgehead atoms. The number of methoxy groups -OCH3 is 3. The van der Waals surface area contributed by atoms with Crippen molar-refractivity contribution in [2.45, 2.75) is 0 Å². The molecule has 3 N–H and O–H groups in total. The summed E-state index contributed by atoms with van der Waals surface area (Å²) in [4.78, 5) is 8.72. The number of hydrogen-bond donors (Lipinski definition) is 3. The molecule has 0 aliphatic rings. The summed E-state index contributed by atoms with van der Waals surface area (Å²) in [6, 6.07) is 17.7. The molecule has 1 heterocycles. The van der Waals surface area contributed by atoms with Crippen molar-refractivity contribution in [2.75, 3.05) is 37.5 Å². The summed E-state index contributed by atoms with van der Waals surface area (Å²) in [5, 5.41) is 11.3. The van der Waals surface area contributed by atoms with Gasteiger partial charge in [0.25, 0.3) is 0 Å². The van der Waals surface area contributed by atoms with Crippen LogP contribution in [0.5, 0.6) is 17.2 Å². The van der Waals surface area contributed by atoms with E-state index in [1.54, 1.807) is 31.4 Å². The third-order valence-corrected chi connectivity index (χ3v) is 5.26. The molecule has 1 aromatic heterocycles. The van der Waals surface area contributed by atoms with Gasteiger partial charge in [-0.15, -0.1) is 0 Å². The average Bonchev–Trinajstić information content (AvgIpc) is 2.95. The van der Waals surface area contributed by atoms with Gasteiger partial charge < -0.3 is 19.5 Å². The highest BCUT2D eigenvalue weighted by molar-refractivity contribution is 5.81. The van der Waals surface area contributed by atoms with Crippen molar-refractivity contribution in [3.8, 4) is 17.2 Å². The summed E-state index contributed by atoms with van der Waals surface area (Å²) in [5.41, 5.74) is 6.58. The smallest absolute Gasteiger partial charge is 0.247 e.